The van der Waals surface area contributed by atoms with E-state index in [-0.39, 0.29) is 5.56 Å². The summed E-state index contributed by atoms with van der Waals surface area (Å²) in [6, 6.07) is 7.56. The van der Waals surface area contributed by atoms with Gasteiger partial charge in [0.1, 0.15) is 5.75 Å². The molecule has 2 aromatic rings. The predicted octanol–water partition coefficient (Wildman–Crippen LogP) is 1.97. The number of fused-ring (bicyclic) bond motifs is 1. The first kappa shape index (κ1) is 24.4. The maximum absolute atomic E-state index is 12.8. The molecule has 1 aromatic heterocycles. The average molecular weight is 463 g/mol. The molecule has 0 unspecified atom stereocenters. The minimum absolute atomic E-state index is 0.0989. The highest BCUT2D eigenvalue weighted by molar-refractivity contribution is 7.80. The van der Waals surface area contributed by atoms with E-state index in [0.29, 0.717) is 30.4 Å². The number of aromatic amines is 1. The fourth-order valence-electron chi connectivity index (χ4n) is 3.64. The van der Waals surface area contributed by atoms with E-state index in [1.54, 1.807) is 7.11 Å². The van der Waals surface area contributed by atoms with Crippen LogP contribution in [-0.4, -0.2) is 86.2 Å². The maximum Gasteiger partial charge on any atom is 0.253 e. The fraction of sp³-hybridized carbons (Fsp3) is 0.565. The number of pyridine rings is 1. The summed E-state index contributed by atoms with van der Waals surface area (Å²) in [7, 11) is 1.64. The van der Waals surface area contributed by atoms with E-state index >= 15 is 0 Å². The van der Waals surface area contributed by atoms with Gasteiger partial charge in [0.2, 0.25) is 0 Å². The number of nitrogens with zero attached hydrogens (tertiary/aromatic N) is 2. The Morgan fingerprint density at radius 3 is 2.88 bits per heavy atom. The van der Waals surface area contributed by atoms with Crippen LogP contribution in [0.15, 0.2) is 29.1 Å². The highest BCUT2D eigenvalue weighted by atomic mass is 32.1. The van der Waals surface area contributed by atoms with E-state index in [0.717, 1.165) is 69.0 Å². The molecule has 0 bridgehead atoms. The molecule has 1 aliphatic rings. The van der Waals surface area contributed by atoms with Crippen molar-refractivity contribution in [3.63, 3.8) is 0 Å². The Morgan fingerprint density at radius 1 is 1.31 bits per heavy atom. The van der Waals surface area contributed by atoms with Crippen LogP contribution in [0, 0.1) is 0 Å². The summed E-state index contributed by atoms with van der Waals surface area (Å²) < 4.78 is 16.2. The number of H-pyrrole nitrogens is 1. The molecule has 0 spiro atoms. The number of hydrogen-bond acceptors (Lipinski definition) is 6. The fourth-order valence-corrected chi connectivity index (χ4v) is 3.90. The van der Waals surface area contributed by atoms with Gasteiger partial charge in [-0.2, -0.15) is 0 Å². The lowest BCUT2D eigenvalue weighted by molar-refractivity contribution is 0.0357. The lowest BCUT2D eigenvalue weighted by Gasteiger charge is -2.31. The molecule has 1 fully saturated rings. The Labute approximate surface area is 194 Å². The van der Waals surface area contributed by atoms with Gasteiger partial charge >= 0.3 is 0 Å². The molecule has 9 heteroatoms. The zero-order valence-corrected chi connectivity index (χ0v) is 19.8. The standard InChI is InChI=1S/C23H34N4O4S/c1-3-30-12-4-7-24-23(32)27(9-8-26-10-13-31-14-11-26)17-19-15-18-16-20(29-2)5-6-21(18)25-22(19)28/h5-6,15-16H,3-4,7-14,17H2,1-2H3,(H,24,32)(H,25,28). The van der Waals surface area contributed by atoms with Crippen molar-refractivity contribution in [2.45, 2.75) is 19.9 Å². The van der Waals surface area contributed by atoms with Crippen LogP contribution in [-0.2, 0) is 16.0 Å². The van der Waals surface area contributed by atoms with Gasteiger partial charge in [-0.05, 0) is 49.8 Å². The second-order valence-electron chi connectivity index (χ2n) is 7.73. The van der Waals surface area contributed by atoms with E-state index in [4.69, 9.17) is 26.4 Å². The van der Waals surface area contributed by atoms with Gasteiger partial charge in [0.25, 0.3) is 5.56 Å². The minimum Gasteiger partial charge on any atom is -0.497 e. The molecule has 0 aliphatic carbocycles. The van der Waals surface area contributed by atoms with E-state index in [1.807, 2.05) is 31.2 Å². The monoisotopic (exact) mass is 462 g/mol. The third-order valence-electron chi connectivity index (χ3n) is 5.51. The normalized spacial score (nSPS) is 14.4. The van der Waals surface area contributed by atoms with E-state index in [2.05, 4.69) is 20.1 Å². The first-order valence-corrected chi connectivity index (χ1v) is 11.6. The van der Waals surface area contributed by atoms with E-state index in [9.17, 15) is 4.79 Å². The predicted molar refractivity (Wildman–Crippen MR) is 131 cm³/mol. The first-order valence-electron chi connectivity index (χ1n) is 11.2. The van der Waals surface area contributed by atoms with Gasteiger partial charge in [0, 0.05) is 62.4 Å². The summed E-state index contributed by atoms with van der Waals surface area (Å²) in [4.78, 5) is 20.2. The number of rotatable bonds is 11. The zero-order valence-electron chi connectivity index (χ0n) is 19.0. The third-order valence-corrected chi connectivity index (χ3v) is 5.91. The van der Waals surface area contributed by atoms with E-state index < -0.39 is 0 Å². The smallest absolute Gasteiger partial charge is 0.253 e. The molecule has 0 atom stereocenters. The number of methoxy groups -OCH3 is 1. The van der Waals surface area contributed by atoms with Crippen LogP contribution >= 0.6 is 12.2 Å². The average Bonchev–Trinajstić information content (AvgIpc) is 2.82. The molecule has 32 heavy (non-hydrogen) atoms. The summed E-state index contributed by atoms with van der Waals surface area (Å²) >= 11 is 5.70. The second-order valence-corrected chi connectivity index (χ2v) is 8.12. The van der Waals surface area contributed by atoms with Crippen molar-refractivity contribution in [3.05, 3.63) is 40.2 Å². The topological polar surface area (TPSA) is 79.1 Å². The molecule has 0 radical (unpaired) electrons. The molecular formula is C23H34N4O4S. The van der Waals surface area contributed by atoms with Crippen LogP contribution in [0.3, 0.4) is 0 Å². The lowest BCUT2D eigenvalue weighted by Crippen LogP contribution is -2.46. The van der Waals surface area contributed by atoms with Crippen molar-refractivity contribution >= 4 is 28.2 Å². The quantitative estimate of drug-likeness (QED) is 0.388. The van der Waals surface area contributed by atoms with Gasteiger partial charge in [-0.15, -0.1) is 0 Å². The minimum atomic E-state index is -0.0989. The first-order chi connectivity index (χ1) is 15.6. The van der Waals surface area contributed by atoms with Crippen molar-refractivity contribution in [1.29, 1.82) is 0 Å². The van der Waals surface area contributed by atoms with Gasteiger partial charge < -0.3 is 29.4 Å². The Morgan fingerprint density at radius 2 is 2.12 bits per heavy atom. The van der Waals surface area contributed by atoms with Crippen LogP contribution in [0.4, 0.5) is 0 Å². The summed E-state index contributed by atoms with van der Waals surface area (Å²) in [5, 5.41) is 4.91. The second kappa shape index (κ2) is 12.7. The SMILES string of the molecule is CCOCCCNC(=S)N(CCN1CCOCC1)Cc1cc2cc(OC)ccc2[nH]c1=O. The molecule has 8 nitrogen and oxygen atoms in total. The van der Waals surface area contributed by atoms with Crippen LogP contribution in [0.1, 0.15) is 18.9 Å². The molecule has 176 valence electrons. The number of benzene rings is 1. The van der Waals surface area contributed by atoms with Gasteiger partial charge in [0.05, 0.1) is 26.9 Å². The molecule has 1 aliphatic heterocycles. The Kier molecular flexibility index (Phi) is 9.73. The number of aromatic nitrogens is 1. The van der Waals surface area contributed by atoms with Crippen LogP contribution < -0.4 is 15.6 Å². The summed E-state index contributed by atoms with van der Waals surface area (Å²) in [6.45, 7) is 9.51. The lowest BCUT2D eigenvalue weighted by atomic mass is 10.1. The molecule has 1 aromatic carbocycles. The molecular weight excluding hydrogens is 428 g/mol. The van der Waals surface area contributed by atoms with Crippen LogP contribution in [0.25, 0.3) is 10.9 Å². The van der Waals surface area contributed by atoms with Gasteiger partial charge in [-0.3, -0.25) is 9.69 Å². The van der Waals surface area contributed by atoms with E-state index in [1.165, 1.54) is 0 Å². The number of nitrogens with one attached hydrogen (secondary N) is 2. The van der Waals surface area contributed by atoms with Crippen LogP contribution in [0.5, 0.6) is 5.75 Å². The number of hydrogen-bond donors (Lipinski definition) is 2. The number of thiocarbonyl (C=S) groups is 1. The highest BCUT2D eigenvalue weighted by Gasteiger charge is 2.16. The summed E-state index contributed by atoms with van der Waals surface area (Å²) in [5.74, 6) is 0.756. The molecule has 0 amide bonds. The Bertz CT molecular complexity index is 930. The third kappa shape index (κ3) is 7.16. The molecule has 0 saturated carbocycles. The van der Waals surface area contributed by atoms with Crippen molar-refractivity contribution in [2.75, 3.05) is 66.3 Å². The molecule has 2 N–H and O–H groups in total. The zero-order chi connectivity index (χ0) is 22.8. The Balaban J connectivity index is 1.71. The van der Waals surface area contributed by atoms with Crippen molar-refractivity contribution in [2.24, 2.45) is 0 Å². The molecule has 3 rings (SSSR count). The number of ether oxygens (including phenoxy) is 3. The largest absolute Gasteiger partial charge is 0.497 e. The van der Waals surface area contributed by atoms with Crippen molar-refractivity contribution in [1.82, 2.24) is 20.1 Å². The highest BCUT2D eigenvalue weighted by Crippen LogP contribution is 2.19. The summed E-state index contributed by atoms with van der Waals surface area (Å²) in [5.41, 5.74) is 1.36. The Hall–Kier alpha value is -2.20. The maximum atomic E-state index is 12.8. The summed E-state index contributed by atoms with van der Waals surface area (Å²) in [6.07, 6.45) is 0.877. The van der Waals surface area contributed by atoms with Gasteiger partial charge in [-0.1, -0.05) is 0 Å². The van der Waals surface area contributed by atoms with Gasteiger partial charge in [0.15, 0.2) is 5.11 Å². The molecule has 2 heterocycles. The van der Waals surface area contributed by atoms with Crippen molar-refractivity contribution in [3.8, 4) is 5.75 Å². The molecule has 1 saturated heterocycles. The van der Waals surface area contributed by atoms with Gasteiger partial charge in [-0.25, -0.2) is 0 Å². The van der Waals surface area contributed by atoms with Crippen molar-refractivity contribution < 1.29 is 14.2 Å². The number of morpholine rings is 1. The van der Waals surface area contributed by atoms with Crippen LogP contribution in [0.2, 0.25) is 0 Å².